The molecule has 210 valence electrons. The third-order valence-electron chi connectivity index (χ3n) is 6.43. The van der Waals surface area contributed by atoms with Crippen molar-refractivity contribution in [2.75, 3.05) is 46.4 Å². The van der Waals surface area contributed by atoms with Crippen molar-refractivity contribution >= 4 is 45.0 Å². The molecule has 0 radical (unpaired) electrons. The number of carboxylic acids is 1. The normalized spacial score (nSPS) is 22.0. The Kier molecular flexibility index (Phi) is 9.81. The zero-order valence-corrected chi connectivity index (χ0v) is 24.0. The number of benzene rings is 1. The SMILES string of the molecule is CCOC(=O)C1=C(CN2CC(F)CC(CN(C)CC(=O)O)C2)NC(c2nccs2)=NC1c1ccc(F)cc1Br. The van der Waals surface area contributed by atoms with Crippen LogP contribution in [0.1, 0.15) is 30.0 Å². The van der Waals surface area contributed by atoms with Gasteiger partial charge in [-0.25, -0.2) is 18.6 Å². The fourth-order valence-corrected chi connectivity index (χ4v) is 6.17. The van der Waals surface area contributed by atoms with E-state index in [1.54, 1.807) is 31.1 Å². The van der Waals surface area contributed by atoms with Crippen LogP contribution in [0.4, 0.5) is 8.78 Å². The number of aliphatic carboxylic acids is 1. The molecule has 2 aliphatic heterocycles. The maximum atomic E-state index is 14.9. The predicted octanol–water partition coefficient (Wildman–Crippen LogP) is 3.63. The molecule has 2 aliphatic rings. The summed E-state index contributed by atoms with van der Waals surface area (Å²) in [5.41, 5.74) is 1.33. The minimum absolute atomic E-state index is 0.0949. The van der Waals surface area contributed by atoms with E-state index in [2.05, 4.69) is 26.2 Å². The number of ether oxygens (including phenoxy) is 1. The second kappa shape index (κ2) is 13.1. The van der Waals surface area contributed by atoms with Gasteiger partial charge in [0.25, 0.3) is 0 Å². The number of carboxylic acid groups (broad SMARTS) is 1. The first-order chi connectivity index (χ1) is 18.6. The lowest BCUT2D eigenvalue weighted by Gasteiger charge is -2.38. The molecule has 4 rings (SSSR count). The summed E-state index contributed by atoms with van der Waals surface area (Å²) in [6.07, 6.45) is 0.869. The summed E-state index contributed by atoms with van der Waals surface area (Å²) >= 11 is 4.79. The second-order valence-electron chi connectivity index (χ2n) is 9.60. The van der Waals surface area contributed by atoms with E-state index in [9.17, 15) is 18.4 Å². The van der Waals surface area contributed by atoms with Crippen LogP contribution in [0.2, 0.25) is 0 Å². The number of nitrogens with zero attached hydrogens (tertiary/aromatic N) is 4. The van der Waals surface area contributed by atoms with Gasteiger partial charge in [0.1, 0.15) is 18.0 Å². The summed E-state index contributed by atoms with van der Waals surface area (Å²) in [5.74, 6) is -1.60. The highest BCUT2D eigenvalue weighted by atomic mass is 79.9. The van der Waals surface area contributed by atoms with Gasteiger partial charge in [-0.2, -0.15) is 0 Å². The number of likely N-dealkylation sites (N-methyl/N-ethyl adjacent to an activating group) is 1. The highest BCUT2D eigenvalue weighted by Crippen LogP contribution is 2.37. The molecule has 0 spiro atoms. The van der Waals surface area contributed by atoms with Crippen LogP contribution in [0.25, 0.3) is 0 Å². The van der Waals surface area contributed by atoms with Crippen LogP contribution in [-0.4, -0.2) is 90.2 Å². The third-order valence-corrected chi connectivity index (χ3v) is 7.90. The Labute approximate surface area is 237 Å². The summed E-state index contributed by atoms with van der Waals surface area (Å²) in [6.45, 7) is 3.03. The van der Waals surface area contributed by atoms with Crippen LogP contribution in [0.15, 0.2) is 50.5 Å². The molecule has 3 unspecified atom stereocenters. The van der Waals surface area contributed by atoms with E-state index in [0.717, 1.165) is 0 Å². The van der Waals surface area contributed by atoms with Gasteiger partial charge in [-0.05, 0) is 44.0 Å². The summed E-state index contributed by atoms with van der Waals surface area (Å²) in [7, 11) is 1.70. The molecular formula is C26H30BrF2N5O4S. The van der Waals surface area contributed by atoms with E-state index in [1.165, 1.54) is 23.5 Å². The largest absolute Gasteiger partial charge is 0.480 e. The van der Waals surface area contributed by atoms with E-state index < -0.39 is 30.0 Å². The third kappa shape index (κ3) is 7.47. The number of esters is 1. The first-order valence-electron chi connectivity index (χ1n) is 12.5. The lowest BCUT2D eigenvalue weighted by atomic mass is 9.93. The number of likely N-dealkylation sites (tertiary alicyclic amines) is 1. The molecule has 1 saturated heterocycles. The number of aliphatic imine (C=N–C) groups is 1. The van der Waals surface area contributed by atoms with Gasteiger partial charge in [-0.15, -0.1) is 11.3 Å². The number of nitrogens with one attached hydrogen (secondary N) is 1. The lowest BCUT2D eigenvalue weighted by molar-refractivity contribution is -0.139. The van der Waals surface area contributed by atoms with Crippen molar-refractivity contribution in [1.82, 2.24) is 20.1 Å². The molecule has 0 amide bonds. The zero-order chi connectivity index (χ0) is 28.1. The van der Waals surface area contributed by atoms with Crippen LogP contribution in [0, 0.1) is 11.7 Å². The number of thiazole rings is 1. The Hall–Kier alpha value is -2.74. The van der Waals surface area contributed by atoms with E-state index >= 15 is 0 Å². The highest BCUT2D eigenvalue weighted by Gasteiger charge is 2.36. The van der Waals surface area contributed by atoms with Crippen molar-refractivity contribution in [3.8, 4) is 0 Å². The lowest BCUT2D eigenvalue weighted by Crippen LogP contribution is -2.48. The number of halogens is 3. The fourth-order valence-electron chi connectivity index (χ4n) is 5.02. The van der Waals surface area contributed by atoms with Crippen LogP contribution >= 0.6 is 27.3 Å². The first-order valence-corrected chi connectivity index (χ1v) is 14.2. The van der Waals surface area contributed by atoms with Gasteiger partial charge in [0, 0.05) is 47.9 Å². The summed E-state index contributed by atoms with van der Waals surface area (Å²) < 4.78 is 34.7. The minimum Gasteiger partial charge on any atom is -0.480 e. The second-order valence-corrected chi connectivity index (χ2v) is 11.4. The van der Waals surface area contributed by atoms with E-state index in [-0.39, 0.29) is 37.7 Å². The molecule has 0 bridgehead atoms. The van der Waals surface area contributed by atoms with Crippen LogP contribution < -0.4 is 5.32 Å². The predicted molar refractivity (Wildman–Crippen MR) is 147 cm³/mol. The van der Waals surface area contributed by atoms with Crippen molar-refractivity contribution in [2.24, 2.45) is 10.9 Å². The molecule has 0 saturated carbocycles. The number of aromatic nitrogens is 1. The maximum absolute atomic E-state index is 14.9. The number of carbonyl (C=O) groups excluding carboxylic acids is 1. The molecule has 1 fully saturated rings. The Morgan fingerprint density at radius 2 is 2.15 bits per heavy atom. The molecule has 39 heavy (non-hydrogen) atoms. The number of amidine groups is 1. The molecule has 9 nitrogen and oxygen atoms in total. The van der Waals surface area contributed by atoms with Gasteiger partial charge in [-0.1, -0.05) is 22.0 Å². The number of rotatable bonds is 10. The number of alkyl halides is 1. The molecule has 2 aromatic rings. The Morgan fingerprint density at radius 3 is 2.82 bits per heavy atom. The van der Waals surface area contributed by atoms with Crippen molar-refractivity contribution in [3.63, 3.8) is 0 Å². The van der Waals surface area contributed by atoms with Crippen LogP contribution in [0.5, 0.6) is 0 Å². The molecule has 2 N–H and O–H groups in total. The molecule has 1 aromatic heterocycles. The summed E-state index contributed by atoms with van der Waals surface area (Å²) in [5, 5.41) is 14.8. The number of hydrogen-bond donors (Lipinski definition) is 2. The zero-order valence-electron chi connectivity index (χ0n) is 21.6. The minimum atomic E-state index is -1.11. The van der Waals surface area contributed by atoms with Gasteiger partial charge in [0.15, 0.2) is 10.8 Å². The average molecular weight is 627 g/mol. The van der Waals surface area contributed by atoms with Crippen LogP contribution in [-0.2, 0) is 14.3 Å². The van der Waals surface area contributed by atoms with Crippen molar-refractivity contribution in [3.05, 3.63) is 61.9 Å². The topological polar surface area (TPSA) is 107 Å². The summed E-state index contributed by atoms with van der Waals surface area (Å²) in [6, 6.07) is 3.37. The first kappa shape index (κ1) is 29.2. The Balaban J connectivity index is 1.70. The monoisotopic (exact) mass is 625 g/mol. The summed E-state index contributed by atoms with van der Waals surface area (Å²) in [4.78, 5) is 37.2. The quantitative estimate of drug-likeness (QED) is 0.386. The van der Waals surface area contributed by atoms with E-state index in [4.69, 9.17) is 14.8 Å². The Morgan fingerprint density at radius 1 is 1.36 bits per heavy atom. The molecule has 1 aromatic carbocycles. The van der Waals surface area contributed by atoms with Gasteiger partial charge in [0.2, 0.25) is 0 Å². The average Bonchev–Trinajstić information content (AvgIpc) is 3.38. The molecular weight excluding hydrogens is 596 g/mol. The molecule has 13 heteroatoms. The van der Waals surface area contributed by atoms with Crippen molar-refractivity contribution in [2.45, 2.75) is 25.6 Å². The number of carbonyl (C=O) groups is 2. The Bertz CT molecular complexity index is 1260. The van der Waals surface area contributed by atoms with Gasteiger partial charge < -0.3 is 15.2 Å². The smallest absolute Gasteiger partial charge is 0.338 e. The standard InChI is InChI=1S/C26H30BrF2N5O4S/c1-3-38-26(37)22-20(13-34-11-15(8-17(29)12-34)10-33(2)14-21(35)36)31-24(25-30-6-7-39-25)32-23(22)18-5-4-16(28)9-19(18)27/h4-7,9,15,17,23H,3,8,10-14H2,1-2H3,(H,31,32)(H,35,36). The molecule has 0 aliphatic carbocycles. The number of piperidine rings is 1. The van der Waals surface area contributed by atoms with Crippen LogP contribution in [0.3, 0.4) is 0 Å². The highest BCUT2D eigenvalue weighted by molar-refractivity contribution is 9.10. The van der Waals surface area contributed by atoms with E-state index in [1.807, 2.05) is 10.3 Å². The van der Waals surface area contributed by atoms with Gasteiger partial charge in [0.05, 0.1) is 18.7 Å². The van der Waals surface area contributed by atoms with Gasteiger partial charge >= 0.3 is 11.9 Å². The number of hydrogen-bond acceptors (Lipinski definition) is 9. The fraction of sp³-hybridized carbons (Fsp3) is 0.462. The van der Waals surface area contributed by atoms with Gasteiger partial charge in [-0.3, -0.25) is 19.6 Å². The maximum Gasteiger partial charge on any atom is 0.338 e. The molecule has 3 atom stereocenters. The molecule has 3 heterocycles. The van der Waals surface area contributed by atoms with Crippen molar-refractivity contribution in [1.29, 1.82) is 0 Å². The van der Waals surface area contributed by atoms with E-state index in [0.29, 0.717) is 46.1 Å². The van der Waals surface area contributed by atoms with Crippen molar-refractivity contribution < 1.29 is 28.2 Å².